The van der Waals surface area contributed by atoms with Gasteiger partial charge in [-0.3, -0.25) is 9.78 Å². The van der Waals surface area contributed by atoms with E-state index in [0.717, 1.165) is 58.7 Å². The van der Waals surface area contributed by atoms with E-state index in [9.17, 15) is 4.79 Å². The molecule has 0 spiro atoms. The van der Waals surface area contributed by atoms with E-state index >= 15 is 0 Å². The minimum atomic E-state index is -0.00567. The summed E-state index contributed by atoms with van der Waals surface area (Å²) in [7, 11) is 0. The van der Waals surface area contributed by atoms with E-state index in [1.165, 1.54) is 5.57 Å². The molecule has 2 heterocycles. The minimum absolute atomic E-state index is 0. The van der Waals surface area contributed by atoms with Gasteiger partial charge in [0.25, 0.3) is 0 Å². The topological polar surface area (TPSA) is 69.8 Å². The summed E-state index contributed by atoms with van der Waals surface area (Å²) >= 11 is 0. The third kappa shape index (κ3) is 5.64. The zero-order valence-corrected chi connectivity index (χ0v) is 22.3. The summed E-state index contributed by atoms with van der Waals surface area (Å²) in [4.78, 5) is 20.7. The van der Waals surface area contributed by atoms with E-state index < -0.39 is 0 Å². The summed E-state index contributed by atoms with van der Waals surface area (Å²) in [6, 6.07) is 12.4. The Morgan fingerprint density at radius 3 is 2.94 bits per heavy atom. The Bertz CT molecular complexity index is 1120. The maximum absolute atomic E-state index is 12.4. The number of rotatable bonds is 8. The molecule has 1 aromatic carbocycles. The van der Waals surface area contributed by atoms with E-state index in [-0.39, 0.29) is 33.2 Å². The van der Waals surface area contributed by atoms with Gasteiger partial charge in [0.2, 0.25) is 5.91 Å². The van der Waals surface area contributed by atoms with Crippen molar-refractivity contribution in [2.24, 2.45) is 0 Å². The second-order valence-electron chi connectivity index (χ2n) is 7.62. The molecule has 31 heavy (non-hydrogen) atoms. The minimum Gasteiger partial charge on any atom is -0.379 e. The standard InChI is InChI=1S/C25H27N4O.Cd/c1-3-19-15-22(26-16-18-9-7-8-10-18)25-24(28-19)17(2)21(29-25)13-14-23(30)27-20-11-5-4-6-12-20;/h4-5,7-9,11-12,15,29H,3,10,13-14,16H2,1-2H3,(H,26,28)(H,27,30);/q-1;. The van der Waals surface area contributed by atoms with Crippen molar-refractivity contribution >= 4 is 28.3 Å². The Hall–Kier alpha value is -2.42. The van der Waals surface area contributed by atoms with Crippen LogP contribution in [0.15, 0.2) is 54.1 Å². The number of aryl methyl sites for hydroxylation is 3. The van der Waals surface area contributed by atoms with Gasteiger partial charge in [-0.25, -0.2) is 0 Å². The van der Waals surface area contributed by atoms with Crippen molar-refractivity contribution in [2.75, 3.05) is 17.2 Å². The number of carbonyl (C=O) groups excluding carboxylic acids is 1. The number of pyridine rings is 1. The van der Waals surface area contributed by atoms with E-state index in [0.29, 0.717) is 12.8 Å². The number of aromatic nitrogens is 2. The number of anilines is 2. The Morgan fingerprint density at radius 1 is 1.35 bits per heavy atom. The van der Waals surface area contributed by atoms with Crippen molar-refractivity contribution in [2.45, 2.75) is 39.5 Å². The fourth-order valence-electron chi connectivity index (χ4n) is 3.72. The van der Waals surface area contributed by atoms with Crippen LogP contribution in [0.25, 0.3) is 11.0 Å². The predicted octanol–water partition coefficient (Wildman–Crippen LogP) is 5.10. The first-order chi connectivity index (χ1) is 14.6. The molecule has 1 aliphatic rings. The quantitative estimate of drug-likeness (QED) is 0.291. The van der Waals surface area contributed by atoms with Crippen LogP contribution in [0, 0.1) is 13.0 Å². The fraction of sp³-hybridized carbons (Fsp3) is 0.280. The summed E-state index contributed by atoms with van der Waals surface area (Å²) in [6.07, 6.45) is 9.38. The Labute approximate surface area is 203 Å². The second-order valence-corrected chi connectivity index (χ2v) is 7.62. The molecule has 3 aromatic rings. The van der Waals surface area contributed by atoms with Gasteiger partial charge in [0.1, 0.15) is 0 Å². The molecule has 2 aromatic heterocycles. The van der Waals surface area contributed by atoms with Crippen LogP contribution in [0.5, 0.6) is 0 Å². The second kappa shape index (κ2) is 10.7. The smallest absolute Gasteiger partial charge is 0.213 e. The average molecular weight is 512 g/mol. The van der Waals surface area contributed by atoms with Gasteiger partial charge in [-0.1, -0.05) is 30.8 Å². The van der Waals surface area contributed by atoms with Crippen LogP contribution in [0.3, 0.4) is 0 Å². The number of benzene rings is 1. The third-order valence-corrected chi connectivity index (χ3v) is 5.47. The van der Waals surface area contributed by atoms with Crippen molar-refractivity contribution in [1.82, 2.24) is 9.97 Å². The monoisotopic (exact) mass is 513 g/mol. The number of nitrogens with zero attached hydrogens (tertiary/aromatic N) is 1. The molecule has 0 bridgehead atoms. The van der Waals surface area contributed by atoms with Gasteiger partial charge in [-0.15, -0.1) is 6.07 Å². The molecule has 0 aliphatic heterocycles. The van der Waals surface area contributed by atoms with E-state index in [1.54, 1.807) is 6.07 Å². The first kappa shape index (κ1) is 23.2. The van der Waals surface area contributed by atoms with Crippen LogP contribution >= 0.6 is 0 Å². The number of carbonyl (C=O) groups is 1. The molecule has 4 rings (SSSR count). The molecule has 3 N–H and O–H groups in total. The van der Waals surface area contributed by atoms with Crippen LogP contribution < -0.4 is 10.6 Å². The number of fused-ring (bicyclic) bond motifs is 1. The molecule has 0 saturated heterocycles. The number of nitrogens with one attached hydrogen (secondary N) is 3. The van der Waals surface area contributed by atoms with Crippen molar-refractivity contribution in [3.8, 4) is 0 Å². The first-order valence-electron chi connectivity index (χ1n) is 10.5. The Kier molecular flexibility index (Phi) is 8.06. The third-order valence-electron chi connectivity index (χ3n) is 5.47. The van der Waals surface area contributed by atoms with Gasteiger partial charge in [-0.05, 0) is 43.4 Å². The fourth-order valence-corrected chi connectivity index (χ4v) is 3.72. The maximum Gasteiger partial charge on any atom is 0.213 e. The molecule has 0 saturated carbocycles. The zero-order valence-electron chi connectivity index (χ0n) is 18.2. The van der Waals surface area contributed by atoms with Gasteiger partial charge in [-0.2, -0.15) is 24.3 Å². The number of hydrogen-bond acceptors (Lipinski definition) is 3. The predicted molar refractivity (Wildman–Crippen MR) is 123 cm³/mol. The van der Waals surface area contributed by atoms with Crippen molar-refractivity contribution in [1.29, 1.82) is 0 Å². The van der Waals surface area contributed by atoms with Gasteiger partial charge in [0, 0.05) is 51.7 Å². The maximum atomic E-state index is 12.4. The molecular formula is C25H27CdN4O-. The van der Waals surface area contributed by atoms with Gasteiger partial charge in [0.15, 0.2) is 0 Å². The van der Waals surface area contributed by atoms with Gasteiger partial charge < -0.3 is 15.6 Å². The molecule has 6 heteroatoms. The molecular weight excluding hydrogens is 485 g/mol. The van der Waals surface area contributed by atoms with Crippen molar-refractivity contribution < 1.29 is 32.1 Å². The number of allylic oxidation sites excluding steroid dienone is 3. The molecule has 156 valence electrons. The largest absolute Gasteiger partial charge is 0.379 e. The van der Waals surface area contributed by atoms with Crippen LogP contribution in [0.2, 0.25) is 0 Å². The number of H-pyrrole nitrogens is 1. The molecule has 0 radical (unpaired) electrons. The molecule has 5 nitrogen and oxygen atoms in total. The molecule has 0 atom stereocenters. The number of amides is 1. The summed E-state index contributed by atoms with van der Waals surface area (Å²) in [5, 5.41) is 6.50. The summed E-state index contributed by atoms with van der Waals surface area (Å²) in [5.41, 5.74) is 8.46. The summed E-state index contributed by atoms with van der Waals surface area (Å²) < 4.78 is 0. The van der Waals surface area contributed by atoms with E-state index in [1.807, 2.05) is 18.2 Å². The van der Waals surface area contributed by atoms with Crippen molar-refractivity contribution in [3.63, 3.8) is 0 Å². The van der Waals surface area contributed by atoms with Crippen LogP contribution in [-0.4, -0.2) is 22.4 Å². The molecule has 0 fully saturated rings. The van der Waals surface area contributed by atoms with Gasteiger partial charge in [0.05, 0.1) is 16.7 Å². The van der Waals surface area contributed by atoms with Crippen LogP contribution in [0.1, 0.15) is 36.7 Å². The normalized spacial score (nSPS) is 12.5. The molecule has 1 amide bonds. The van der Waals surface area contributed by atoms with Crippen molar-refractivity contribution in [3.05, 3.63) is 77.2 Å². The van der Waals surface area contributed by atoms with E-state index in [4.69, 9.17) is 4.98 Å². The van der Waals surface area contributed by atoms with Crippen LogP contribution in [0.4, 0.5) is 11.4 Å². The SMILES string of the molecule is CCc1cc(NCC2=CC=CC2)c2[nH]c(CCC(=O)Nc3c[c-]ccc3)c(C)c2n1.[Cd]. The Balaban J connectivity index is 0.00000272. The number of aromatic amines is 1. The van der Waals surface area contributed by atoms with E-state index in [2.05, 4.69) is 59.8 Å². The number of hydrogen-bond donors (Lipinski definition) is 3. The summed E-state index contributed by atoms with van der Waals surface area (Å²) in [6.45, 7) is 5.02. The Morgan fingerprint density at radius 2 is 2.23 bits per heavy atom. The first-order valence-corrected chi connectivity index (χ1v) is 10.5. The molecule has 1 aliphatic carbocycles. The summed E-state index contributed by atoms with van der Waals surface area (Å²) in [5.74, 6) is -0.00567. The zero-order chi connectivity index (χ0) is 20.9. The average Bonchev–Trinajstić information content (AvgIpc) is 3.39. The van der Waals surface area contributed by atoms with Gasteiger partial charge >= 0.3 is 0 Å². The van der Waals surface area contributed by atoms with Crippen LogP contribution in [-0.2, 0) is 44.9 Å². The molecule has 0 unspecified atom stereocenters.